The van der Waals surface area contributed by atoms with Crippen molar-refractivity contribution in [2.24, 2.45) is 0 Å². The van der Waals surface area contributed by atoms with Crippen LogP contribution in [0.5, 0.6) is 11.5 Å². The fraction of sp³-hybridized carbons (Fsp3) is 0.130. The number of halogens is 3. The molecule has 0 heterocycles. The van der Waals surface area contributed by atoms with E-state index >= 15 is 0 Å². The average molecular weight is 460 g/mol. The van der Waals surface area contributed by atoms with E-state index in [1.807, 2.05) is 30.3 Å². The lowest BCUT2D eigenvalue weighted by atomic mass is 10.1. The molecular weight excluding hydrogens is 441 g/mol. The molecule has 3 rings (SSSR count). The average Bonchev–Trinajstić information content (AvgIpc) is 2.77. The number of hydrogen-bond donors (Lipinski definition) is 2. The molecule has 0 atom stereocenters. The molecule has 1 amide bonds. The van der Waals surface area contributed by atoms with E-state index in [-0.39, 0.29) is 16.4 Å². The van der Waals surface area contributed by atoms with Gasteiger partial charge in [0, 0.05) is 17.3 Å². The number of ether oxygens (including phenoxy) is 2. The van der Waals surface area contributed by atoms with Crippen LogP contribution in [0.3, 0.4) is 0 Å². The van der Waals surface area contributed by atoms with Crippen LogP contribution in [0.4, 0.5) is 18.9 Å². The molecule has 2 N–H and O–H groups in total. The van der Waals surface area contributed by atoms with Crippen LogP contribution in [0.2, 0.25) is 0 Å². The molecule has 0 unspecified atom stereocenters. The third kappa shape index (κ3) is 6.21. The number of anilines is 1. The van der Waals surface area contributed by atoms with Crippen molar-refractivity contribution in [2.75, 3.05) is 12.4 Å². The number of thiocarbonyl (C=S) groups is 1. The summed E-state index contributed by atoms with van der Waals surface area (Å²) in [6.07, 6.45) is -4.67. The standard InChI is InChI=1S/C23H19F3N2O3S/c1-30-20-11-10-16(12-19(20)23(24,25)26)21(29)28-22(32)27-17-8-5-9-18(13-17)31-14-15-6-3-2-4-7-15/h2-13H,14H2,1H3,(H2,27,28,29,32). The Bertz CT molecular complexity index is 1110. The van der Waals surface area contributed by atoms with Crippen LogP contribution >= 0.6 is 12.2 Å². The highest BCUT2D eigenvalue weighted by molar-refractivity contribution is 7.80. The third-order valence-corrected chi connectivity index (χ3v) is 4.54. The van der Waals surface area contributed by atoms with E-state index in [1.54, 1.807) is 24.3 Å². The summed E-state index contributed by atoms with van der Waals surface area (Å²) in [6, 6.07) is 19.6. The van der Waals surface area contributed by atoms with Gasteiger partial charge >= 0.3 is 6.18 Å². The molecule has 3 aromatic carbocycles. The number of benzene rings is 3. The van der Waals surface area contributed by atoms with E-state index in [0.717, 1.165) is 24.8 Å². The zero-order valence-corrected chi connectivity index (χ0v) is 17.7. The molecule has 0 saturated carbocycles. The summed E-state index contributed by atoms with van der Waals surface area (Å²) in [5.41, 5.74) is 0.301. The van der Waals surface area contributed by atoms with Crippen molar-refractivity contribution in [2.45, 2.75) is 12.8 Å². The van der Waals surface area contributed by atoms with Gasteiger partial charge in [-0.1, -0.05) is 36.4 Å². The Balaban J connectivity index is 1.62. The van der Waals surface area contributed by atoms with E-state index in [4.69, 9.17) is 21.7 Å². The SMILES string of the molecule is COc1ccc(C(=O)NC(=S)Nc2cccc(OCc3ccccc3)c2)cc1C(F)(F)F. The molecular formula is C23H19F3N2O3S. The molecule has 166 valence electrons. The summed E-state index contributed by atoms with van der Waals surface area (Å²) < 4.78 is 50.0. The minimum Gasteiger partial charge on any atom is -0.496 e. The molecule has 9 heteroatoms. The molecule has 0 aliphatic rings. The van der Waals surface area contributed by atoms with Crippen molar-refractivity contribution in [1.29, 1.82) is 0 Å². The quantitative estimate of drug-likeness (QED) is 0.481. The molecule has 0 aromatic heterocycles. The number of hydrogen-bond acceptors (Lipinski definition) is 4. The Kier molecular flexibility index (Phi) is 7.32. The van der Waals surface area contributed by atoms with Gasteiger partial charge in [-0.25, -0.2) is 0 Å². The Morgan fingerprint density at radius 3 is 2.44 bits per heavy atom. The van der Waals surface area contributed by atoms with Crippen molar-refractivity contribution >= 4 is 28.9 Å². The maximum atomic E-state index is 13.2. The largest absolute Gasteiger partial charge is 0.496 e. The molecule has 0 aliphatic heterocycles. The predicted octanol–water partition coefficient (Wildman–Crippen LogP) is 5.42. The van der Waals surface area contributed by atoms with Crippen molar-refractivity contribution in [1.82, 2.24) is 5.32 Å². The minimum atomic E-state index is -4.67. The normalized spacial score (nSPS) is 10.9. The van der Waals surface area contributed by atoms with Crippen LogP contribution in [0.25, 0.3) is 0 Å². The van der Waals surface area contributed by atoms with E-state index in [1.165, 1.54) is 6.07 Å². The van der Waals surface area contributed by atoms with E-state index in [9.17, 15) is 18.0 Å². The van der Waals surface area contributed by atoms with E-state index < -0.39 is 17.6 Å². The van der Waals surface area contributed by atoms with Gasteiger partial charge in [-0.3, -0.25) is 10.1 Å². The molecule has 0 spiro atoms. The second-order valence-corrected chi connectivity index (χ2v) is 7.03. The molecule has 32 heavy (non-hydrogen) atoms. The van der Waals surface area contributed by atoms with Crippen LogP contribution in [0.15, 0.2) is 72.8 Å². The number of rotatable bonds is 6. The zero-order valence-electron chi connectivity index (χ0n) is 16.9. The maximum absolute atomic E-state index is 13.2. The topological polar surface area (TPSA) is 59.6 Å². The minimum absolute atomic E-state index is 0.0698. The first-order chi connectivity index (χ1) is 15.3. The first-order valence-electron chi connectivity index (χ1n) is 9.40. The summed E-state index contributed by atoms with van der Waals surface area (Å²) in [5.74, 6) is -0.577. The number of nitrogens with one attached hydrogen (secondary N) is 2. The molecule has 0 radical (unpaired) electrons. The van der Waals surface area contributed by atoms with Gasteiger partial charge in [0.2, 0.25) is 0 Å². The summed E-state index contributed by atoms with van der Waals surface area (Å²) in [5, 5.41) is 5.12. The number of methoxy groups -OCH3 is 1. The Labute approximate surface area is 188 Å². The zero-order chi connectivity index (χ0) is 23.1. The summed E-state index contributed by atoms with van der Waals surface area (Å²) >= 11 is 5.12. The van der Waals surface area contributed by atoms with E-state index in [2.05, 4.69) is 10.6 Å². The van der Waals surface area contributed by atoms with Crippen molar-refractivity contribution in [3.05, 3.63) is 89.5 Å². The Morgan fingerprint density at radius 2 is 1.75 bits per heavy atom. The summed E-state index contributed by atoms with van der Waals surface area (Å²) in [6.45, 7) is 0.379. The number of amides is 1. The molecule has 0 saturated heterocycles. The second-order valence-electron chi connectivity index (χ2n) is 6.62. The lowest BCUT2D eigenvalue weighted by molar-refractivity contribution is -0.138. The number of carbonyl (C=O) groups excluding carboxylic acids is 1. The van der Waals surface area contributed by atoms with Gasteiger partial charge in [-0.05, 0) is 48.1 Å². The van der Waals surface area contributed by atoms with Gasteiger partial charge in [0.25, 0.3) is 5.91 Å². The molecule has 0 fully saturated rings. The molecule has 0 bridgehead atoms. The number of alkyl halides is 3. The third-order valence-electron chi connectivity index (χ3n) is 4.33. The van der Waals surface area contributed by atoms with Gasteiger partial charge in [0.1, 0.15) is 18.1 Å². The lowest BCUT2D eigenvalue weighted by Gasteiger charge is -2.14. The molecule has 0 aliphatic carbocycles. The highest BCUT2D eigenvalue weighted by atomic mass is 32.1. The van der Waals surface area contributed by atoms with Gasteiger partial charge in [-0.2, -0.15) is 13.2 Å². The number of carbonyl (C=O) groups is 1. The second kappa shape index (κ2) is 10.1. The van der Waals surface area contributed by atoms with Crippen molar-refractivity contribution < 1.29 is 27.4 Å². The lowest BCUT2D eigenvalue weighted by Crippen LogP contribution is -2.34. The van der Waals surface area contributed by atoms with Crippen LogP contribution < -0.4 is 20.1 Å². The van der Waals surface area contributed by atoms with E-state index in [0.29, 0.717) is 18.0 Å². The molecule has 3 aromatic rings. The fourth-order valence-electron chi connectivity index (χ4n) is 2.81. The van der Waals surface area contributed by atoms with Crippen molar-refractivity contribution in [3.8, 4) is 11.5 Å². The van der Waals surface area contributed by atoms with Gasteiger partial charge in [0.15, 0.2) is 5.11 Å². The van der Waals surface area contributed by atoms with Crippen LogP contribution in [0, 0.1) is 0 Å². The maximum Gasteiger partial charge on any atom is 0.419 e. The first kappa shape index (κ1) is 23.1. The van der Waals surface area contributed by atoms with Crippen molar-refractivity contribution in [3.63, 3.8) is 0 Å². The summed E-state index contributed by atoms with van der Waals surface area (Å²) in [4.78, 5) is 12.4. The predicted molar refractivity (Wildman–Crippen MR) is 119 cm³/mol. The fourth-order valence-corrected chi connectivity index (χ4v) is 3.02. The van der Waals surface area contributed by atoms with Gasteiger partial charge < -0.3 is 14.8 Å². The van der Waals surface area contributed by atoms with Gasteiger partial charge in [0.05, 0.1) is 12.7 Å². The monoisotopic (exact) mass is 460 g/mol. The van der Waals surface area contributed by atoms with Gasteiger partial charge in [-0.15, -0.1) is 0 Å². The van der Waals surface area contributed by atoms with Crippen LogP contribution in [-0.2, 0) is 12.8 Å². The smallest absolute Gasteiger partial charge is 0.419 e. The first-order valence-corrected chi connectivity index (χ1v) is 9.81. The van der Waals surface area contributed by atoms with Crippen LogP contribution in [0.1, 0.15) is 21.5 Å². The highest BCUT2D eigenvalue weighted by Gasteiger charge is 2.35. The Morgan fingerprint density at radius 1 is 1.00 bits per heavy atom. The summed E-state index contributed by atoms with van der Waals surface area (Å²) in [7, 11) is 1.13. The molecule has 5 nitrogen and oxygen atoms in total. The Hall–Kier alpha value is -3.59. The highest BCUT2D eigenvalue weighted by Crippen LogP contribution is 2.36. The van der Waals surface area contributed by atoms with Crippen LogP contribution in [-0.4, -0.2) is 18.1 Å².